The van der Waals surface area contributed by atoms with Gasteiger partial charge in [0.05, 0.1) is 12.0 Å². The highest BCUT2D eigenvalue weighted by Gasteiger charge is 2.12. The van der Waals surface area contributed by atoms with E-state index in [0.717, 1.165) is 29.2 Å². The monoisotopic (exact) mass is 288 g/mol. The molecule has 0 spiro atoms. The van der Waals surface area contributed by atoms with Crippen LogP contribution in [0.1, 0.15) is 11.1 Å². The van der Waals surface area contributed by atoms with Gasteiger partial charge in [0, 0.05) is 23.7 Å². The van der Waals surface area contributed by atoms with E-state index in [1.54, 1.807) is 12.1 Å². The number of benzene rings is 2. The minimum atomic E-state index is -0.212. The fourth-order valence-electron chi connectivity index (χ4n) is 2.31. The second-order valence-corrected chi connectivity index (χ2v) is 5.30. The van der Waals surface area contributed by atoms with E-state index in [1.807, 2.05) is 24.5 Å². The van der Waals surface area contributed by atoms with Crippen LogP contribution in [0.3, 0.4) is 0 Å². The third-order valence-corrected chi connectivity index (χ3v) is 3.59. The average Bonchev–Trinajstić information content (AvgIpc) is 2.45. The van der Waals surface area contributed by atoms with Crippen LogP contribution >= 0.6 is 11.6 Å². The molecule has 3 rings (SSSR count). The molecule has 2 aromatic carbocycles. The fourth-order valence-corrected chi connectivity index (χ4v) is 2.52. The molecule has 2 nitrogen and oxygen atoms in total. The molecule has 1 aliphatic rings. The summed E-state index contributed by atoms with van der Waals surface area (Å²) in [5, 5.41) is 0.752. The van der Waals surface area contributed by atoms with Gasteiger partial charge in [-0.3, -0.25) is 0 Å². The predicted molar refractivity (Wildman–Crippen MR) is 80.1 cm³/mol. The van der Waals surface area contributed by atoms with E-state index in [9.17, 15) is 4.39 Å². The number of fused-ring (bicyclic) bond motifs is 1. The Morgan fingerprint density at radius 2 is 2.10 bits per heavy atom. The largest absolute Gasteiger partial charge is 0.358 e. The molecule has 102 valence electrons. The zero-order valence-corrected chi connectivity index (χ0v) is 11.6. The Balaban J connectivity index is 1.66. The zero-order valence-electron chi connectivity index (χ0n) is 10.9. The van der Waals surface area contributed by atoms with Gasteiger partial charge in [-0.05, 0) is 42.3 Å². The summed E-state index contributed by atoms with van der Waals surface area (Å²) in [7, 11) is 0. The van der Waals surface area contributed by atoms with Crippen LogP contribution in [0.25, 0.3) is 0 Å². The van der Waals surface area contributed by atoms with Crippen LogP contribution in [-0.4, -0.2) is 17.8 Å². The molecule has 0 N–H and O–H groups in total. The Hall–Kier alpha value is -1.87. The molecule has 1 aliphatic heterocycles. The van der Waals surface area contributed by atoms with Crippen LogP contribution < -0.4 is 0 Å². The van der Waals surface area contributed by atoms with Gasteiger partial charge in [-0.2, -0.15) is 0 Å². The van der Waals surface area contributed by atoms with Crippen LogP contribution in [0.4, 0.5) is 10.1 Å². The molecule has 0 atom stereocenters. The maximum Gasteiger partial charge on any atom is 0.123 e. The van der Waals surface area contributed by atoms with Crippen LogP contribution in [0.15, 0.2) is 47.5 Å². The third-order valence-electron chi connectivity index (χ3n) is 3.35. The van der Waals surface area contributed by atoms with Gasteiger partial charge in [0.2, 0.25) is 0 Å². The first-order chi connectivity index (χ1) is 9.70. The molecule has 0 bridgehead atoms. The van der Waals surface area contributed by atoms with Crippen molar-refractivity contribution in [2.75, 3.05) is 6.54 Å². The van der Waals surface area contributed by atoms with Crippen molar-refractivity contribution in [3.8, 4) is 0 Å². The van der Waals surface area contributed by atoms with Gasteiger partial charge in [0.15, 0.2) is 0 Å². The minimum Gasteiger partial charge on any atom is -0.358 e. The summed E-state index contributed by atoms with van der Waals surface area (Å²) < 4.78 is 13.2. The third kappa shape index (κ3) is 2.99. The molecular formula is C16H14ClFN2. The summed E-state index contributed by atoms with van der Waals surface area (Å²) in [6.07, 6.45) is 2.71. The van der Waals surface area contributed by atoms with Gasteiger partial charge in [0.1, 0.15) is 5.82 Å². The maximum absolute atomic E-state index is 13.2. The van der Waals surface area contributed by atoms with Gasteiger partial charge < -0.3 is 4.90 Å². The summed E-state index contributed by atoms with van der Waals surface area (Å²) in [6, 6.07) is 12.6. The highest BCUT2D eigenvalue weighted by atomic mass is 35.5. The van der Waals surface area contributed by atoms with E-state index in [4.69, 9.17) is 11.6 Å². The summed E-state index contributed by atoms with van der Waals surface area (Å²) in [5.41, 5.74) is 2.97. The van der Waals surface area contributed by atoms with Crippen LogP contribution in [0, 0.1) is 5.82 Å². The van der Waals surface area contributed by atoms with Crippen molar-refractivity contribution in [2.45, 2.75) is 13.0 Å². The van der Waals surface area contributed by atoms with E-state index >= 15 is 0 Å². The van der Waals surface area contributed by atoms with Crippen molar-refractivity contribution in [1.29, 1.82) is 0 Å². The highest BCUT2D eigenvalue weighted by Crippen LogP contribution is 2.24. The number of halogens is 2. The number of hydrogen-bond acceptors (Lipinski definition) is 2. The minimum absolute atomic E-state index is 0.212. The second-order valence-electron chi connectivity index (χ2n) is 4.87. The lowest BCUT2D eigenvalue weighted by Gasteiger charge is -2.24. The molecule has 2 aromatic rings. The Morgan fingerprint density at radius 1 is 1.20 bits per heavy atom. The van der Waals surface area contributed by atoms with E-state index in [0.29, 0.717) is 6.54 Å². The number of hydrogen-bond donors (Lipinski definition) is 0. The lowest BCUT2D eigenvalue weighted by molar-refractivity contribution is 0.423. The summed E-state index contributed by atoms with van der Waals surface area (Å²) >= 11 is 5.97. The first kappa shape index (κ1) is 13.1. The fraction of sp³-hybridized carbons (Fsp3) is 0.188. The van der Waals surface area contributed by atoms with Gasteiger partial charge >= 0.3 is 0 Å². The summed E-state index contributed by atoms with van der Waals surface area (Å²) in [6.45, 7) is 1.52. The molecule has 0 unspecified atom stereocenters. The van der Waals surface area contributed by atoms with Crippen molar-refractivity contribution in [1.82, 2.24) is 4.90 Å². The molecule has 0 fully saturated rings. The van der Waals surface area contributed by atoms with Crippen molar-refractivity contribution >= 4 is 23.6 Å². The smallest absolute Gasteiger partial charge is 0.123 e. The van der Waals surface area contributed by atoms with E-state index in [-0.39, 0.29) is 5.82 Å². The first-order valence-corrected chi connectivity index (χ1v) is 6.89. The molecule has 0 saturated carbocycles. The van der Waals surface area contributed by atoms with Gasteiger partial charge in [-0.15, -0.1) is 0 Å². The number of nitrogens with zero attached hydrogens (tertiary/aromatic N) is 2. The Labute approximate surface area is 122 Å². The molecule has 0 radical (unpaired) electrons. The normalized spacial score (nSPS) is 13.4. The van der Waals surface area contributed by atoms with Gasteiger partial charge in [0.25, 0.3) is 0 Å². The average molecular weight is 289 g/mol. The summed E-state index contributed by atoms with van der Waals surface area (Å²) in [4.78, 5) is 6.44. The van der Waals surface area contributed by atoms with Crippen LogP contribution in [-0.2, 0) is 13.0 Å². The standard InChI is InChI=1S/C16H14ClFN2/c17-14-3-1-2-12(8-14)6-7-20-10-13-9-15(18)4-5-16(13)19-11-20/h1-5,8-9,11H,6-7,10H2. The quantitative estimate of drug-likeness (QED) is 0.826. The van der Waals surface area contributed by atoms with Gasteiger partial charge in [-0.1, -0.05) is 23.7 Å². The van der Waals surface area contributed by atoms with Crippen molar-refractivity contribution < 1.29 is 4.39 Å². The van der Waals surface area contributed by atoms with Crippen LogP contribution in [0.2, 0.25) is 5.02 Å². The molecule has 0 aromatic heterocycles. The van der Waals surface area contributed by atoms with E-state index in [2.05, 4.69) is 16.0 Å². The lowest BCUT2D eigenvalue weighted by Crippen LogP contribution is -2.26. The molecule has 0 amide bonds. The van der Waals surface area contributed by atoms with E-state index < -0.39 is 0 Å². The molecule has 1 heterocycles. The Kier molecular flexibility index (Phi) is 3.70. The number of aliphatic imine (C=N–C) groups is 1. The highest BCUT2D eigenvalue weighted by molar-refractivity contribution is 6.30. The molecule has 0 saturated heterocycles. The van der Waals surface area contributed by atoms with Crippen molar-refractivity contribution in [2.24, 2.45) is 4.99 Å². The Bertz CT molecular complexity index is 655. The maximum atomic E-state index is 13.2. The zero-order chi connectivity index (χ0) is 13.9. The van der Waals surface area contributed by atoms with Crippen molar-refractivity contribution in [3.63, 3.8) is 0 Å². The topological polar surface area (TPSA) is 15.6 Å². The first-order valence-electron chi connectivity index (χ1n) is 6.52. The second kappa shape index (κ2) is 5.63. The van der Waals surface area contributed by atoms with E-state index in [1.165, 1.54) is 11.6 Å². The number of rotatable bonds is 3. The molecule has 20 heavy (non-hydrogen) atoms. The summed E-state index contributed by atoms with van der Waals surface area (Å²) in [5.74, 6) is -0.212. The van der Waals surface area contributed by atoms with Crippen molar-refractivity contribution in [3.05, 3.63) is 64.4 Å². The SMILES string of the molecule is Fc1ccc2c(c1)CN(CCc1cccc(Cl)c1)C=N2. The Morgan fingerprint density at radius 3 is 2.95 bits per heavy atom. The molecule has 0 aliphatic carbocycles. The molecular weight excluding hydrogens is 275 g/mol. The predicted octanol–water partition coefficient (Wildman–Crippen LogP) is 4.20. The lowest BCUT2D eigenvalue weighted by atomic mass is 10.1. The van der Waals surface area contributed by atoms with Crippen LogP contribution in [0.5, 0.6) is 0 Å². The van der Waals surface area contributed by atoms with Gasteiger partial charge in [-0.25, -0.2) is 9.38 Å². The molecule has 4 heteroatoms.